The van der Waals surface area contributed by atoms with Gasteiger partial charge in [-0.25, -0.2) is 13.4 Å². The van der Waals surface area contributed by atoms with Gasteiger partial charge in [0.15, 0.2) is 9.84 Å². The number of carbonyl (C=O) groups is 3. The van der Waals surface area contributed by atoms with Crippen LogP contribution in [0.3, 0.4) is 0 Å². The SMILES string of the molecule is CCC(=O)N1CC(=O)Nc2ccc(S(=O)(=O)C(C)C)c(c2)CNC(=O)C(Nc2ccc3nc[nH]c(=O)c3c2)c2cc(C)c(c(C)c2)C1. The average molecular weight is 659 g/mol. The van der Waals surface area contributed by atoms with Crippen LogP contribution in [0.2, 0.25) is 0 Å². The minimum atomic E-state index is -3.75. The van der Waals surface area contributed by atoms with Gasteiger partial charge in [0.05, 0.1) is 27.4 Å². The van der Waals surface area contributed by atoms with Crippen molar-refractivity contribution in [3.63, 3.8) is 0 Å². The van der Waals surface area contributed by atoms with Crippen molar-refractivity contribution in [2.24, 2.45) is 0 Å². The number of fused-ring (bicyclic) bond motifs is 10. The molecule has 246 valence electrons. The highest BCUT2D eigenvalue weighted by atomic mass is 32.2. The molecule has 1 unspecified atom stereocenters. The smallest absolute Gasteiger partial charge is 0.258 e. The Hall–Kier alpha value is -5.04. The van der Waals surface area contributed by atoms with Crippen molar-refractivity contribution in [2.75, 3.05) is 17.2 Å². The van der Waals surface area contributed by atoms with E-state index in [1.807, 2.05) is 26.0 Å². The first kappa shape index (κ1) is 33.3. The fraction of sp³-hybridized carbons (Fsp3) is 0.324. The topological polar surface area (TPSA) is 170 Å². The highest BCUT2D eigenvalue weighted by molar-refractivity contribution is 7.92. The maximum absolute atomic E-state index is 14.1. The number of nitrogens with one attached hydrogen (secondary N) is 4. The average Bonchev–Trinajstić information content (AvgIpc) is 3.02. The summed E-state index contributed by atoms with van der Waals surface area (Å²) >= 11 is 0. The molecule has 0 aliphatic carbocycles. The number of nitrogens with zero attached hydrogens (tertiary/aromatic N) is 2. The van der Waals surface area contributed by atoms with Crippen LogP contribution in [-0.4, -0.2) is 52.8 Å². The van der Waals surface area contributed by atoms with Gasteiger partial charge in [-0.3, -0.25) is 19.2 Å². The number of aromatic nitrogens is 2. The Morgan fingerprint density at radius 2 is 1.74 bits per heavy atom. The number of hydrogen-bond donors (Lipinski definition) is 4. The lowest BCUT2D eigenvalue weighted by molar-refractivity contribution is -0.135. The van der Waals surface area contributed by atoms with E-state index in [4.69, 9.17) is 0 Å². The number of sulfone groups is 1. The maximum atomic E-state index is 14.1. The van der Waals surface area contributed by atoms with Crippen LogP contribution in [0.15, 0.2) is 64.5 Å². The predicted molar refractivity (Wildman–Crippen MR) is 180 cm³/mol. The van der Waals surface area contributed by atoms with E-state index in [2.05, 4.69) is 25.9 Å². The zero-order chi connectivity index (χ0) is 34.0. The largest absolute Gasteiger partial charge is 0.370 e. The minimum Gasteiger partial charge on any atom is -0.370 e. The molecule has 12 nitrogen and oxygen atoms in total. The monoisotopic (exact) mass is 658 g/mol. The number of amides is 3. The van der Waals surface area contributed by atoms with Crippen LogP contribution in [-0.2, 0) is 37.3 Å². The summed E-state index contributed by atoms with van der Waals surface area (Å²) < 4.78 is 26.6. The van der Waals surface area contributed by atoms with Crippen molar-refractivity contribution in [1.29, 1.82) is 0 Å². The van der Waals surface area contributed by atoms with Crippen LogP contribution in [0, 0.1) is 13.8 Å². The number of aryl methyl sites for hydroxylation is 2. The van der Waals surface area contributed by atoms with Crippen LogP contribution in [0.1, 0.15) is 61.1 Å². The first-order chi connectivity index (χ1) is 22.3. The van der Waals surface area contributed by atoms with E-state index in [1.54, 1.807) is 39.0 Å². The Balaban J connectivity index is 1.64. The zero-order valence-electron chi connectivity index (χ0n) is 26.9. The summed E-state index contributed by atoms with van der Waals surface area (Å²) in [5.41, 5.74) is 4.39. The molecule has 0 spiro atoms. The molecule has 4 bridgehead atoms. The summed E-state index contributed by atoms with van der Waals surface area (Å²) in [4.78, 5) is 61.0. The lowest BCUT2D eigenvalue weighted by atomic mass is 9.94. The van der Waals surface area contributed by atoms with Crippen LogP contribution in [0.5, 0.6) is 0 Å². The molecule has 0 fully saturated rings. The van der Waals surface area contributed by atoms with Gasteiger partial charge in [-0.2, -0.15) is 0 Å². The lowest BCUT2D eigenvalue weighted by Crippen LogP contribution is -2.38. The second kappa shape index (κ2) is 13.4. The Kier molecular flexibility index (Phi) is 9.48. The second-order valence-electron chi connectivity index (χ2n) is 12.0. The zero-order valence-corrected chi connectivity index (χ0v) is 27.7. The summed E-state index contributed by atoms with van der Waals surface area (Å²) in [6.07, 6.45) is 1.52. The predicted octanol–water partition coefficient (Wildman–Crippen LogP) is 3.88. The molecule has 1 atom stereocenters. The Morgan fingerprint density at radius 3 is 2.43 bits per heavy atom. The lowest BCUT2D eigenvalue weighted by Gasteiger charge is -2.26. The first-order valence-electron chi connectivity index (χ1n) is 15.3. The van der Waals surface area contributed by atoms with Gasteiger partial charge >= 0.3 is 0 Å². The molecule has 13 heteroatoms. The van der Waals surface area contributed by atoms with Gasteiger partial charge in [-0.15, -0.1) is 0 Å². The Labute approximate surface area is 272 Å². The number of rotatable bonds is 5. The van der Waals surface area contributed by atoms with Gasteiger partial charge in [0.1, 0.15) is 12.6 Å². The van der Waals surface area contributed by atoms with Crippen molar-refractivity contribution in [1.82, 2.24) is 20.2 Å². The molecule has 3 aromatic carbocycles. The molecule has 4 aromatic rings. The van der Waals surface area contributed by atoms with Gasteiger partial charge in [-0.1, -0.05) is 19.1 Å². The fourth-order valence-electron chi connectivity index (χ4n) is 5.70. The molecule has 1 aromatic heterocycles. The summed E-state index contributed by atoms with van der Waals surface area (Å²) in [7, 11) is -3.75. The van der Waals surface area contributed by atoms with Gasteiger partial charge < -0.3 is 25.8 Å². The van der Waals surface area contributed by atoms with E-state index in [1.165, 1.54) is 29.4 Å². The third kappa shape index (κ3) is 7.04. The van der Waals surface area contributed by atoms with Crippen LogP contribution >= 0.6 is 0 Å². The van der Waals surface area contributed by atoms with E-state index in [0.29, 0.717) is 33.4 Å². The van der Waals surface area contributed by atoms with Crippen LogP contribution < -0.4 is 21.5 Å². The highest BCUT2D eigenvalue weighted by Gasteiger charge is 2.27. The Morgan fingerprint density at radius 1 is 1.02 bits per heavy atom. The van der Waals surface area contributed by atoms with Gasteiger partial charge in [0, 0.05) is 30.9 Å². The highest BCUT2D eigenvalue weighted by Crippen LogP contribution is 2.29. The van der Waals surface area contributed by atoms with Crippen LogP contribution in [0.25, 0.3) is 10.9 Å². The van der Waals surface area contributed by atoms with Gasteiger partial charge in [0.25, 0.3) is 5.56 Å². The number of aromatic amines is 1. The summed E-state index contributed by atoms with van der Waals surface area (Å²) in [5, 5.41) is 8.57. The molecule has 0 saturated carbocycles. The molecule has 2 aliphatic rings. The third-order valence-corrected chi connectivity index (χ3v) is 10.6. The van der Waals surface area contributed by atoms with Crippen molar-refractivity contribution in [2.45, 2.75) is 70.3 Å². The molecule has 0 saturated heterocycles. The quantitative estimate of drug-likeness (QED) is 0.250. The summed E-state index contributed by atoms with van der Waals surface area (Å²) in [5.74, 6) is -1.09. The van der Waals surface area contributed by atoms with E-state index in [0.717, 1.165) is 16.7 Å². The van der Waals surface area contributed by atoms with E-state index in [-0.39, 0.29) is 42.4 Å². The van der Waals surface area contributed by atoms with Gasteiger partial charge in [-0.05, 0) is 91.9 Å². The molecule has 4 N–H and O–H groups in total. The number of carbonyl (C=O) groups excluding carboxylic acids is 3. The molecule has 6 rings (SSSR count). The summed E-state index contributed by atoms with van der Waals surface area (Å²) in [6.45, 7) is 8.47. The standard InChI is InChI=1S/C34H38N6O6S/c1-6-31(42)40-16-27-20(4)11-22(12-21(27)5)32(39-25-7-9-28-26(14-25)33(43)37-18-36-28)34(44)35-15-23-13-24(38-30(41)17-40)8-10-29(23)47(45,46)19(2)3/h7-14,18-19,32,39H,6,15-17H2,1-5H3,(H,35,44)(H,38,41)(H,36,37,43). The number of hydrogen-bond acceptors (Lipinski definition) is 8. The number of H-pyrrole nitrogens is 1. The molecule has 47 heavy (non-hydrogen) atoms. The summed E-state index contributed by atoms with van der Waals surface area (Å²) in [6, 6.07) is 12.2. The van der Waals surface area contributed by atoms with Crippen molar-refractivity contribution in [3.05, 3.63) is 93.0 Å². The van der Waals surface area contributed by atoms with Crippen LogP contribution in [0.4, 0.5) is 11.4 Å². The van der Waals surface area contributed by atoms with Gasteiger partial charge in [0.2, 0.25) is 17.7 Å². The number of anilines is 2. The normalized spacial score (nSPS) is 15.9. The third-order valence-electron chi connectivity index (χ3n) is 8.33. The van der Waals surface area contributed by atoms with Crippen molar-refractivity contribution in [3.8, 4) is 0 Å². The van der Waals surface area contributed by atoms with E-state index >= 15 is 0 Å². The molecule has 3 amide bonds. The molecule has 0 radical (unpaired) electrons. The Bertz CT molecular complexity index is 2030. The molecular formula is C34H38N6O6S. The first-order valence-corrected chi connectivity index (χ1v) is 16.9. The van der Waals surface area contributed by atoms with E-state index in [9.17, 15) is 27.6 Å². The van der Waals surface area contributed by atoms with Crippen molar-refractivity contribution < 1.29 is 22.8 Å². The van der Waals surface area contributed by atoms with Crippen molar-refractivity contribution >= 4 is 49.8 Å². The number of benzene rings is 3. The second-order valence-corrected chi connectivity index (χ2v) is 14.4. The molecular weight excluding hydrogens is 620 g/mol. The molecule has 2 aliphatic heterocycles. The fourth-order valence-corrected chi connectivity index (χ4v) is 6.96. The maximum Gasteiger partial charge on any atom is 0.258 e. The van der Waals surface area contributed by atoms with E-state index < -0.39 is 32.9 Å². The molecule has 3 heterocycles. The minimum absolute atomic E-state index is 0.0384.